The summed E-state index contributed by atoms with van der Waals surface area (Å²) < 4.78 is 0. The third-order valence-electron chi connectivity index (χ3n) is 0.340. The molecule has 0 fully saturated rings. The Hall–Kier alpha value is -0.530. The van der Waals surface area contributed by atoms with Crippen molar-refractivity contribution in [1.82, 2.24) is 0 Å². The lowest BCUT2D eigenvalue weighted by molar-refractivity contribution is 1.54. The maximum Gasteiger partial charge on any atom is 0.00285 e. The Balaban J connectivity index is 3.13. The van der Waals surface area contributed by atoms with Gasteiger partial charge in [0.2, 0.25) is 0 Å². The summed E-state index contributed by atoms with van der Waals surface area (Å²) in [5.41, 5.74) is 0. The van der Waals surface area contributed by atoms with E-state index in [4.69, 9.17) is 6.42 Å². The van der Waals surface area contributed by atoms with Crippen LogP contribution in [0.2, 0.25) is 0 Å². The van der Waals surface area contributed by atoms with Crippen molar-refractivity contribution in [2.24, 2.45) is 0 Å². The molecule has 0 spiro atoms. The van der Waals surface area contributed by atoms with Crippen LogP contribution in [0.5, 0.6) is 0 Å². The molecule has 0 nitrogen and oxygen atoms in total. The van der Waals surface area contributed by atoms with Crippen LogP contribution in [0.3, 0.4) is 0 Å². The van der Waals surface area contributed by atoms with Gasteiger partial charge in [0.25, 0.3) is 0 Å². The monoisotopic (exact) mass is 110 g/mol. The lowest BCUT2D eigenvalue weighted by Crippen LogP contribution is -1.55. The summed E-state index contributed by atoms with van der Waals surface area (Å²) in [6.07, 6.45) is 4.83. The zero-order valence-electron chi connectivity index (χ0n) is 4.19. The quantitative estimate of drug-likeness (QED) is 0.459. The molecular formula is C6H6S. The Kier molecular flexibility index (Phi) is 5.06. The molecule has 36 valence electrons. The van der Waals surface area contributed by atoms with Crippen LogP contribution in [-0.4, -0.2) is 5.75 Å². The van der Waals surface area contributed by atoms with Crippen molar-refractivity contribution in [2.45, 2.75) is 6.92 Å². The Labute approximate surface area is 48.7 Å². The van der Waals surface area contributed by atoms with Crippen LogP contribution in [0.25, 0.3) is 0 Å². The Morgan fingerprint density at radius 3 is 2.86 bits per heavy atom. The van der Waals surface area contributed by atoms with Gasteiger partial charge in [-0.2, -0.15) is 0 Å². The Bertz CT molecular complexity index is 119. The summed E-state index contributed by atoms with van der Waals surface area (Å²) in [7, 11) is 0. The van der Waals surface area contributed by atoms with E-state index in [0.717, 1.165) is 5.75 Å². The summed E-state index contributed by atoms with van der Waals surface area (Å²) in [4.78, 5) is 0. The average Bonchev–Trinajstić information content (AvgIpc) is 1.69. The fourth-order valence-electron chi connectivity index (χ4n) is 0.138. The molecule has 0 aliphatic rings. The predicted octanol–water partition coefficient (Wildman–Crippen LogP) is 1.33. The van der Waals surface area contributed by atoms with Gasteiger partial charge in [0, 0.05) is 5.75 Å². The molecule has 0 bridgehead atoms. The molecule has 0 N–H and O–H groups in total. The van der Waals surface area contributed by atoms with Gasteiger partial charge in [0.05, 0.1) is 0 Å². The molecule has 7 heavy (non-hydrogen) atoms. The van der Waals surface area contributed by atoms with Crippen LogP contribution in [0.4, 0.5) is 0 Å². The highest BCUT2D eigenvalue weighted by Crippen LogP contribution is 1.91. The van der Waals surface area contributed by atoms with E-state index in [2.05, 4.69) is 17.1 Å². The van der Waals surface area contributed by atoms with Crippen LogP contribution < -0.4 is 0 Å². The first-order valence-corrected chi connectivity index (χ1v) is 2.97. The maximum absolute atomic E-state index is 4.83. The number of thioether (sulfide) groups is 1. The molecule has 0 unspecified atom stereocenters. The van der Waals surface area contributed by atoms with Crippen LogP contribution in [0.15, 0.2) is 0 Å². The van der Waals surface area contributed by atoms with Gasteiger partial charge < -0.3 is 0 Å². The minimum Gasteiger partial charge on any atom is -0.106 e. The highest BCUT2D eigenvalue weighted by Gasteiger charge is 1.64. The first-order chi connectivity index (χ1) is 3.41. The fourth-order valence-corrected chi connectivity index (χ4v) is 0.413. The molecule has 0 aromatic rings. The second-order valence-electron chi connectivity index (χ2n) is 0.804. The summed E-state index contributed by atoms with van der Waals surface area (Å²) in [5, 5.41) is 2.72. The van der Waals surface area contributed by atoms with E-state index in [1.165, 1.54) is 11.8 Å². The van der Waals surface area contributed by atoms with Gasteiger partial charge in [-0.3, -0.25) is 0 Å². The van der Waals surface area contributed by atoms with Gasteiger partial charge >= 0.3 is 0 Å². The number of hydrogen-bond acceptors (Lipinski definition) is 1. The van der Waals surface area contributed by atoms with Crippen molar-refractivity contribution in [3.63, 3.8) is 0 Å². The second kappa shape index (κ2) is 5.47. The first kappa shape index (κ1) is 6.47. The molecule has 0 radical (unpaired) electrons. The van der Waals surface area contributed by atoms with E-state index in [9.17, 15) is 0 Å². The molecule has 0 heterocycles. The molecule has 0 aromatic heterocycles. The van der Waals surface area contributed by atoms with Crippen molar-refractivity contribution in [3.05, 3.63) is 0 Å². The summed E-state index contributed by atoms with van der Waals surface area (Å²) in [6.45, 7) is 2.04. The van der Waals surface area contributed by atoms with Crippen LogP contribution in [0.1, 0.15) is 6.92 Å². The van der Waals surface area contributed by atoms with E-state index in [0.29, 0.717) is 0 Å². The third kappa shape index (κ3) is 5.47. The maximum atomic E-state index is 4.83. The summed E-state index contributed by atoms with van der Waals surface area (Å²) in [6, 6.07) is 0. The Morgan fingerprint density at radius 2 is 2.43 bits per heavy atom. The predicted molar refractivity (Wildman–Crippen MR) is 34.7 cm³/mol. The third-order valence-corrected chi connectivity index (χ3v) is 0.875. The molecule has 0 amide bonds. The molecule has 1 heteroatoms. The molecule has 0 saturated carbocycles. The standard InChI is InChI=1S/C6H6S/c1-3-5-6-7-4-2/h1H,4H2,2H3. The van der Waals surface area contributed by atoms with Gasteiger partial charge in [0.1, 0.15) is 0 Å². The molecule has 0 atom stereocenters. The number of hydrogen-bond donors (Lipinski definition) is 0. The molecular weight excluding hydrogens is 104 g/mol. The van der Waals surface area contributed by atoms with Crippen molar-refractivity contribution >= 4 is 11.8 Å². The van der Waals surface area contributed by atoms with Crippen LogP contribution >= 0.6 is 11.8 Å². The van der Waals surface area contributed by atoms with Gasteiger partial charge in [-0.15, -0.1) is 6.42 Å². The number of terminal acetylenes is 1. The zero-order chi connectivity index (χ0) is 5.54. The molecule has 0 rings (SSSR count). The van der Waals surface area contributed by atoms with E-state index < -0.39 is 0 Å². The highest BCUT2D eigenvalue weighted by atomic mass is 32.2. The lowest BCUT2D eigenvalue weighted by Gasteiger charge is -1.71. The number of rotatable bonds is 1. The van der Waals surface area contributed by atoms with Gasteiger partial charge in [0.15, 0.2) is 0 Å². The minimum atomic E-state index is 1.01. The van der Waals surface area contributed by atoms with Crippen molar-refractivity contribution in [1.29, 1.82) is 0 Å². The molecule has 0 aromatic carbocycles. The summed E-state index contributed by atoms with van der Waals surface area (Å²) >= 11 is 1.53. The van der Waals surface area contributed by atoms with Crippen molar-refractivity contribution < 1.29 is 0 Å². The fraction of sp³-hybridized carbons (Fsp3) is 0.333. The summed E-state index contributed by atoms with van der Waals surface area (Å²) in [5.74, 6) is 5.72. The Morgan fingerprint density at radius 1 is 1.71 bits per heavy atom. The molecule has 0 aliphatic heterocycles. The van der Waals surface area contributed by atoms with Crippen LogP contribution in [0, 0.1) is 23.5 Å². The average molecular weight is 110 g/mol. The zero-order valence-corrected chi connectivity index (χ0v) is 5.01. The van der Waals surface area contributed by atoms with E-state index in [1.54, 1.807) is 0 Å². The van der Waals surface area contributed by atoms with E-state index in [-0.39, 0.29) is 0 Å². The first-order valence-electron chi connectivity index (χ1n) is 1.99. The van der Waals surface area contributed by atoms with E-state index in [1.807, 2.05) is 6.92 Å². The second-order valence-corrected chi connectivity index (χ2v) is 1.87. The minimum absolute atomic E-state index is 1.01. The largest absolute Gasteiger partial charge is 0.106 e. The van der Waals surface area contributed by atoms with Crippen LogP contribution in [-0.2, 0) is 0 Å². The smallest absolute Gasteiger partial charge is 0.00285 e. The SMILES string of the molecule is C#CC#CSCC. The topological polar surface area (TPSA) is 0 Å². The van der Waals surface area contributed by atoms with E-state index >= 15 is 0 Å². The molecule has 0 aliphatic carbocycles. The van der Waals surface area contributed by atoms with Gasteiger partial charge in [-0.1, -0.05) is 18.7 Å². The van der Waals surface area contributed by atoms with Gasteiger partial charge in [-0.25, -0.2) is 0 Å². The normalized spacial score (nSPS) is 5.71. The van der Waals surface area contributed by atoms with Gasteiger partial charge in [-0.05, 0) is 17.1 Å². The van der Waals surface area contributed by atoms with Crippen molar-refractivity contribution in [2.75, 3.05) is 5.75 Å². The molecule has 0 saturated heterocycles. The van der Waals surface area contributed by atoms with Crippen molar-refractivity contribution in [3.8, 4) is 23.5 Å². The lowest BCUT2D eigenvalue weighted by atomic mass is 10.7. The highest BCUT2D eigenvalue weighted by molar-refractivity contribution is 8.03.